The summed E-state index contributed by atoms with van der Waals surface area (Å²) in [7, 11) is 0. The third-order valence-electron chi connectivity index (χ3n) is 11.1. The Morgan fingerprint density at radius 2 is 0.778 bits per heavy atom. The highest BCUT2D eigenvalue weighted by molar-refractivity contribution is 6.23. The average molecular weight is 688 g/mol. The van der Waals surface area contributed by atoms with Crippen LogP contribution < -0.4 is 0 Å². The Morgan fingerprint density at radius 1 is 0.278 bits per heavy atom. The van der Waals surface area contributed by atoms with Crippen molar-refractivity contribution in [3.8, 4) is 34.2 Å². The van der Waals surface area contributed by atoms with Crippen molar-refractivity contribution in [3.05, 3.63) is 176 Å². The molecule has 0 fully saturated rings. The van der Waals surface area contributed by atoms with Gasteiger partial charge in [0, 0.05) is 49.0 Å². The van der Waals surface area contributed by atoms with Gasteiger partial charge in [0.2, 0.25) is 0 Å². The lowest BCUT2D eigenvalue weighted by Crippen LogP contribution is -2.01. The van der Waals surface area contributed by atoms with Crippen molar-refractivity contribution in [1.82, 2.24) is 23.8 Å². The van der Waals surface area contributed by atoms with E-state index in [1.165, 1.54) is 37.8 Å². The molecule has 5 nitrogen and oxygen atoms in total. The largest absolute Gasteiger partial charge is 0.307 e. The second-order valence-electron chi connectivity index (χ2n) is 14.0. The predicted octanol–water partition coefficient (Wildman–Crippen LogP) is 12.3. The van der Waals surface area contributed by atoms with E-state index in [-0.39, 0.29) is 0 Å². The Kier molecular flexibility index (Phi) is 5.99. The molecule has 0 aliphatic carbocycles. The summed E-state index contributed by atoms with van der Waals surface area (Å²) in [5.41, 5.74) is 9.72. The first-order valence-electron chi connectivity index (χ1n) is 18.3. The number of fused-ring (bicyclic) bond motifs is 11. The summed E-state index contributed by atoms with van der Waals surface area (Å²) >= 11 is 0. The van der Waals surface area contributed by atoms with E-state index in [1.54, 1.807) is 0 Å². The lowest BCUT2D eigenvalue weighted by molar-refractivity contribution is 1.07. The van der Waals surface area contributed by atoms with Crippen LogP contribution in [0.1, 0.15) is 0 Å². The van der Waals surface area contributed by atoms with Crippen molar-refractivity contribution >= 4 is 76.2 Å². The first-order chi connectivity index (χ1) is 26.8. The summed E-state index contributed by atoms with van der Waals surface area (Å²) in [6.45, 7) is 0. The molecule has 8 aromatic carbocycles. The van der Waals surface area contributed by atoms with E-state index in [9.17, 15) is 0 Å². The highest BCUT2D eigenvalue weighted by Crippen LogP contribution is 2.42. The topological polar surface area (TPSA) is 47.5 Å². The number of para-hydroxylation sites is 4. The molecule has 250 valence electrons. The Morgan fingerprint density at radius 3 is 1.44 bits per heavy atom. The lowest BCUT2D eigenvalue weighted by atomic mass is 10.1. The second kappa shape index (κ2) is 11.1. The average Bonchev–Trinajstić information content (AvgIpc) is 3.76. The van der Waals surface area contributed by atoms with Crippen molar-refractivity contribution in [2.45, 2.75) is 0 Å². The molecule has 0 atom stereocenters. The first kappa shape index (κ1) is 29.2. The van der Waals surface area contributed by atoms with Gasteiger partial charge in [0.15, 0.2) is 17.5 Å². The summed E-state index contributed by atoms with van der Waals surface area (Å²) < 4.78 is 4.93. The number of rotatable bonds is 3. The van der Waals surface area contributed by atoms with E-state index >= 15 is 0 Å². The van der Waals surface area contributed by atoms with Crippen LogP contribution in [-0.4, -0.2) is 23.8 Å². The van der Waals surface area contributed by atoms with Crippen molar-refractivity contribution in [2.75, 3.05) is 0 Å². The fourth-order valence-electron chi connectivity index (χ4n) is 8.69. The third kappa shape index (κ3) is 4.12. The van der Waals surface area contributed by atoms with E-state index in [2.05, 4.69) is 167 Å². The van der Waals surface area contributed by atoms with Gasteiger partial charge in [-0.1, -0.05) is 140 Å². The van der Waals surface area contributed by atoms with Crippen LogP contribution in [0.25, 0.3) is 110 Å². The molecule has 0 unspecified atom stereocenters. The molecule has 54 heavy (non-hydrogen) atoms. The zero-order valence-corrected chi connectivity index (χ0v) is 29.0. The normalized spacial score (nSPS) is 12.1. The monoisotopic (exact) mass is 687 g/mol. The fraction of sp³-hybridized carbons (Fsp3) is 0. The SMILES string of the molecule is c1ccc(-c2nc(-c3ccc4ccccc4c3)nc(-c3cc4c5ccccc5n5c6ccccc6c6cccc7c8ccccc8n(c(c3)c45)c76)n2)cc1. The summed E-state index contributed by atoms with van der Waals surface area (Å²) in [5, 5.41) is 9.50. The number of hydrogen-bond acceptors (Lipinski definition) is 3. The fourth-order valence-corrected chi connectivity index (χ4v) is 8.69. The summed E-state index contributed by atoms with van der Waals surface area (Å²) in [6, 6.07) is 62.7. The maximum absolute atomic E-state index is 5.28. The molecular formula is C49H29N5. The smallest absolute Gasteiger partial charge is 0.164 e. The highest BCUT2D eigenvalue weighted by atomic mass is 15.0. The summed E-state index contributed by atoms with van der Waals surface area (Å²) in [6.07, 6.45) is 0. The van der Waals surface area contributed by atoms with Crippen molar-refractivity contribution in [2.24, 2.45) is 0 Å². The molecule has 0 bridgehead atoms. The van der Waals surface area contributed by atoms with Gasteiger partial charge in [0.05, 0.1) is 33.1 Å². The van der Waals surface area contributed by atoms with Crippen LogP contribution in [0, 0.1) is 0 Å². The maximum Gasteiger partial charge on any atom is 0.164 e. The minimum absolute atomic E-state index is 0.630. The molecule has 0 saturated carbocycles. The van der Waals surface area contributed by atoms with E-state index in [4.69, 9.17) is 15.0 Å². The van der Waals surface area contributed by atoms with Gasteiger partial charge in [0.25, 0.3) is 0 Å². The summed E-state index contributed by atoms with van der Waals surface area (Å²) in [4.78, 5) is 15.6. The van der Waals surface area contributed by atoms with Gasteiger partial charge in [-0.2, -0.15) is 0 Å². The van der Waals surface area contributed by atoms with Crippen LogP contribution >= 0.6 is 0 Å². The number of nitrogens with zero attached hydrogens (tertiary/aromatic N) is 5. The Hall–Kier alpha value is -7.37. The van der Waals surface area contributed by atoms with Crippen LogP contribution in [0.3, 0.4) is 0 Å². The van der Waals surface area contributed by atoms with Gasteiger partial charge in [-0.05, 0) is 47.2 Å². The zero-order valence-electron chi connectivity index (χ0n) is 29.0. The van der Waals surface area contributed by atoms with Crippen molar-refractivity contribution in [3.63, 3.8) is 0 Å². The lowest BCUT2D eigenvalue weighted by Gasteiger charge is -2.13. The number of hydrogen-bond donors (Lipinski definition) is 0. The first-order valence-corrected chi connectivity index (χ1v) is 18.3. The molecule has 0 aliphatic heterocycles. The van der Waals surface area contributed by atoms with Gasteiger partial charge in [-0.15, -0.1) is 0 Å². The molecule has 0 saturated heterocycles. The van der Waals surface area contributed by atoms with E-state index in [0.717, 1.165) is 55.0 Å². The van der Waals surface area contributed by atoms with Crippen LogP contribution in [0.15, 0.2) is 176 Å². The van der Waals surface area contributed by atoms with Crippen LogP contribution in [-0.2, 0) is 0 Å². The van der Waals surface area contributed by atoms with Gasteiger partial charge >= 0.3 is 0 Å². The van der Waals surface area contributed by atoms with Gasteiger partial charge < -0.3 is 8.80 Å². The molecular weight excluding hydrogens is 659 g/mol. The quantitative estimate of drug-likeness (QED) is 0.186. The minimum Gasteiger partial charge on any atom is -0.307 e. The molecule has 4 aromatic heterocycles. The third-order valence-corrected chi connectivity index (χ3v) is 11.1. The van der Waals surface area contributed by atoms with Gasteiger partial charge in [0.1, 0.15) is 0 Å². The Bertz CT molecular complexity index is 3500. The molecule has 0 spiro atoms. The van der Waals surface area contributed by atoms with Gasteiger partial charge in [-0.25, -0.2) is 15.0 Å². The van der Waals surface area contributed by atoms with Crippen LogP contribution in [0.4, 0.5) is 0 Å². The molecule has 0 amide bonds. The number of aromatic nitrogens is 5. The predicted molar refractivity (Wildman–Crippen MR) is 223 cm³/mol. The minimum atomic E-state index is 0.630. The molecule has 0 N–H and O–H groups in total. The highest BCUT2D eigenvalue weighted by Gasteiger charge is 2.21. The van der Waals surface area contributed by atoms with Gasteiger partial charge in [-0.3, -0.25) is 0 Å². The van der Waals surface area contributed by atoms with E-state index in [1.807, 2.05) is 18.2 Å². The number of benzene rings is 8. The molecule has 12 aromatic rings. The van der Waals surface area contributed by atoms with Crippen molar-refractivity contribution in [1.29, 1.82) is 0 Å². The maximum atomic E-state index is 5.28. The Labute approximate surface area is 309 Å². The Balaban J connectivity index is 1.28. The van der Waals surface area contributed by atoms with E-state index < -0.39 is 0 Å². The van der Waals surface area contributed by atoms with E-state index in [0.29, 0.717) is 17.5 Å². The summed E-state index contributed by atoms with van der Waals surface area (Å²) in [5.74, 6) is 1.91. The molecule has 0 aliphatic rings. The standard InChI is InChI=1S/C49H29N5/c1-2-14-31(15-3-1)47-50-48(33-26-25-30-13-4-5-16-32(30)27-33)52-49(51-47)34-28-40-37-19-8-11-24-43(37)53-41-22-9-6-17-35(41)38-20-12-21-39-36-18-7-10-23-42(36)54(45(38)39)44(29-34)46(40)53/h1-29H. The van der Waals surface area contributed by atoms with Crippen LogP contribution in [0.5, 0.6) is 0 Å². The molecule has 4 heterocycles. The van der Waals surface area contributed by atoms with Crippen molar-refractivity contribution < 1.29 is 0 Å². The molecule has 0 radical (unpaired) electrons. The second-order valence-corrected chi connectivity index (χ2v) is 14.0. The molecule has 12 rings (SSSR count). The molecule has 5 heteroatoms. The van der Waals surface area contributed by atoms with Crippen LogP contribution in [0.2, 0.25) is 0 Å². The zero-order chi connectivity index (χ0) is 35.3.